The summed E-state index contributed by atoms with van der Waals surface area (Å²) in [7, 11) is 0. The van der Waals surface area contributed by atoms with E-state index in [1.54, 1.807) is 18.2 Å². The van der Waals surface area contributed by atoms with Gasteiger partial charge in [-0.25, -0.2) is 9.59 Å². The fourth-order valence-corrected chi connectivity index (χ4v) is 1.80. The van der Waals surface area contributed by atoms with Crippen molar-refractivity contribution in [3.63, 3.8) is 0 Å². The maximum absolute atomic E-state index is 11.1. The number of anilines is 1. The third-order valence-corrected chi connectivity index (χ3v) is 2.93. The van der Waals surface area contributed by atoms with Gasteiger partial charge in [-0.3, -0.25) is 0 Å². The van der Waals surface area contributed by atoms with E-state index in [-0.39, 0.29) is 16.9 Å². The molecule has 6 nitrogen and oxygen atoms in total. The number of hydrogen-bond donors (Lipinski definition) is 3. The van der Waals surface area contributed by atoms with Crippen LogP contribution >= 0.6 is 0 Å². The van der Waals surface area contributed by atoms with Crippen LogP contribution in [0.1, 0.15) is 26.3 Å². The van der Waals surface area contributed by atoms with E-state index in [0.29, 0.717) is 11.4 Å². The van der Waals surface area contributed by atoms with E-state index in [0.717, 1.165) is 5.56 Å². The van der Waals surface area contributed by atoms with E-state index in [1.807, 2.05) is 6.92 Å². The standard InChI is InChI=1S/C15H13NO5/c1-8-6-9(3-5-13(8)16)21-10-2-4-11(14(17)18)12(7-10)15(19)20/h2-7H,16H2,1H3,(H,17,18)(H,19,20). The van der Waals surface area contributed by atoms with Gasteiger partial charge in [0.05, 0.1) is 11.1 Å². The molecule has 108 valence electrons. The van der Waals surface area contributed by atoms with Crippen LogP contribution in [-0.4, -0.2) is 22.2 Å². The van der Waals surface area contributed by atoms with E-state index in [2.05, 4.69) is 0 Å². The minimum absolute atomic E-state index is 0.238. The van der Waals surface area contributed by atoms with Crippen LogP contribution in [0.5, 0.6) is 11.5 Å². The Morgan fingerprint density at radius 2 is 1.52 bits per heavy atom. The number of aryl methyl sites for hydroxylation is 1. The molecule has 0 aliphatic heterocycles. The van der Waals surface area contributed by atoms with Gasteiger partial charge >= 0.3 is 11.9 Å². The van der Waals surface area contributed by atoms with Gasteiger partial charge in [0.1, 0.15) is 11.5 Å². The first kappa shape index (κ1) is 14.4. The highest BCUT2D eigenvalue weighted by Crippen LogP contribution is 2.26. The molecule has 0 atom stereocenters. The van der Waals surface area contributed by atoms with Crippen LogP contribution in [0.15, 0.2) is 36.4 Å². The molecule has 21 heavy (non-hydrogen) atoms. The first-order valence-corrected chi connectivity index (χ1v) is 6.03. The summed E-state index contributed by atoms with van der Waals surface area (Å²) < 4.78 is 5.53. The van der Waals surface area contributed by atoms with Gasteiger partial charge in [-0.15, -0.1) is 0 Å². The van der Waals surface area contributed by atoms with Gasteiger partial charge < -0.3 is 20.7 Å². The van der Waals surface area contributed by atoms with Gasteiger partial charge in [0, 0.05) is 5.69 Å². The molecule has 0 unspecified atom stereocenters. The van der Waals surface area contributed by atoms with E-state index >= 15 is 0 Å². The third-order valence-electron chi connectivity index (χ3n) is 2.93. The lowest BCUT2D eigenvalue weighted by Gasteiger charge is -2.09. The molecule has 0 aromatic heterocycles. The normalized spacial score (nSPS) is 10.1. The quantitative estimate of drug-likeness (QED) is 0.746. The summed E-state index contributed by atoms with van der Waals surface area (Å²) in [6, 6.07) is 8.81. The van der Waals surface area contributed by atoms with Crippen molar-refractivity contribution in [2.24, 2.45) is 0 Å². The zero-order valence-corrected chi connectivity index (χ0v) is 11.2. The smallest absolute Gasteiger partial charge is 0.336 e. The summed E-state index contributed by atoms with van der Waals surface area (Å²) >= 11 is 0. The van der Waals surface area contributed by atoms with Crippen molar-refractivity contribution in [1.29, 1.82) is 0 Å². The van der Waals surface area contributed by atoms with Crippen molar-refractivity contribution in [3.05, 3.63) is 53.1 Å². The molecule has 0 bridgehead atoms. The fourth-order valence-electron chi connectivity index (χ4n) is 1.80. The second-order valence-electron chi connectivity index (χ2n) is 4.44. The lowest BCUT2D eigenvalue weighted by atomic mass is 10.1. The van der Waals surface area contributed by atoms with Gasteiger partial charge in [-0.05, 0) is 48.9 Å². The average Bonchev–Trinajstić information content (AvgIpc) is 2.42. The van der Waals surface area contributed by atoms with Crippen molar-refractivity contribution < 1.29 is 24.5 Å². The maximum atomic E-state index is 11.1. The van der Waals surface area contributed by atoms with Gasteiger partial charge in [0.15, 0.2) is 0 Å². The Morgan fingerprint density at radius 3 is 2.10 bits per heavy atom. The molecule has 0 saturated carbocycles. The highest BCUT2D eigenvalue weighted by Gasteiger charge is 2.17. The van der Waals surface area contributed by atoms with Crippen molar-refractivity contribution in [2.45, 2.75) is 6.92 Å². The van der Waals surface area contributed by atoms with Crippen LogP contribution in [-0.2, 0) is 0 Å². The van der Waals surface area contributed by atoms with E-state index in [9.17, 15) is 9.59 Å². The summed E-state index contributed by atoms with van der Waals surface area (Å²) in [5, 5.41) is 18.0. The summed E-state index contributed by atoms with van der Waals surface area (Å²) in [5.41, 5.74) is 6.53. The Labute approximate surface area is 120 Å². The number of carboxylic acid groups (broad SMARTS) is 2. The first-order chi connectivity index (χ1) is 9.88. The summed E-state index contributed by atoms with van der Waals surface area (Å²) in [5.74, 6) is -1.91. The summed E-state index contributed by atoms with van der Waals surface area (Å²) in [6.45, 7) is 1.82. The average molecular weight is 287 g/mol. The molecule has 0 heterocycles. The van der Waals surface area contributed by atoms with Crippen LogP contribution in [0.3, 0.4) is 0 Å². The number of nitrogen functional groups attached to an aromatic ring is 1. The molecule has 0 aliphatic carbocycles. The molecule has 0 fully saturated rings. The molecular weight excluding hydrogens is 274 g/mol. The molecule has 0 amide bonds. The maximum Gasteiger partial charge on any atom is 0.336 e. The minimum Gasteiger partial charge on any atom is -0.478 e. The Morgan fingerprint density at radius 1 is 0.952 bits per heavy atom. The minimum atomic E-state index is -1.33. The molecule has 0 aliphatic rings. The van der Waals surface area contributed by atoms with E-state index < -0.39 is 11.9 Å². The first-order valence-electron chi connectivity index (χ1n) is 6.03. The van der Waals surface area contributed by atoms with Gasteiger partial charge in [0.25, 0.3) is 0 Å². The van der Waals surface area contributed by atoms with E-state index in [1.165, 1.54) is 18.2 Å². The predicted octanol–water partition coefficient (Wildman–Crippen LogP) is 2.77. The largest absolute Gasteiger partial charge is 0.478 e. The van der Waals surface area contributed by atoms with Crippen LogP contribution < -0.4 is 10.5 Å². The number of hydrogen-bond acceptors (Lipinski definition) is 4. The fraction of sp³-hybridized carbons (Fsp3) is 0.0667. The predicted molar refractivity (Wildman–Crippen MR) is 76.0 cm³/mol. The SMILES string of the molecule is Cc1cc(Oc2ccc(C(=O)O)c(C(=O)O)c2)ccc1N. The van der Waals surface area contributed by atoms with Gasteiger partial charge in [-0.1, -0.05) is 0 Å². The van der Waals surface area contributed by atoms with Crippen molar-refractivity contribution in [2.75, 3.05) is 5.73 Å². The Hall–Kier alpha value is -3.02. The molecule has 4 N–H and O–H groups in total. The lowest BCUT2D eigenvalue weighted by Crippen LogP contribution is -2.07. The van der Waals surface area contributed by atoms with Crippen LogP contribution in [0.25, 0.3) is 0 Å². The van der Waals surface area contributed by atoms with Crippen LogP contribution in [0.4, 0.5) is 5.69 Å². The molecule has 0 saturated heterocycles. The third kappa shape index (κ3) is 3.11. The van der Waals surface area contributed by atoms with Crippen LogP contribution in [0.2, 0.25) is 0 Å². The molecular formula is C15H13NO5. The second kappa shape index (κ2) is 5.54. The topological polar surface area (TPSA) is 110 Å². The van der Waals surface area contributed by atoms with E-state index in [4.69, 9.17) is 20.7 Å². The number of carboxylic acids is 2. The van der Waals surface area contributed by atoms with Crippen molar-refractivity contribution in [3.8, 4) is 11.5 Å². The molecule has 2 rings (SSSR count). The Bertz CT molecular complexity index is 724. The summed E-state index contributed by atoms with van der Waals surface area (Å²) in [6.07, 6.45) is 0. The molecule has 0 spiro atoms. The number of benzene rings is 2. The Balaban J connectivity index is 2.36. The van der Waals surface area contributed by atoms with Crippen LogP contribution in [0, 0.1) is 6.92 Å². The zero-order chi connectivity index (χ0) is 15.6. The van der Waals surface area contributed by atoms with Gasteiger partial charge in [0.2, 0.25) is 0 Å². The number of carbonyl (C=O) groups is 2. The number of ether oxygens (including phenoxy) is 1. The monoisotopic (exact) mass is 287 g/mol. The molecule has 2 aromatic carbocycles. The number of rotatable bonds is 4. The lowest BCUT2D eigenvalue weighted by molar-refractivity contribution is 0.0651. The number of nitrogens with two attached hydrogens (primary N) is 1. The molecule has 6 heteroatoms. The Kier molecular flexibility index (Phi) is 3.80. The highest BCUT2D eigenvalue weighted by molar-refractivity contribution is 6.02. The highest BCUT2D eigenvalue weighted by atomic mass is 16.5. The zero-order valence-electron chi connectivity index (χ0n) is 11.2. The van der Waals surface area contributed by atoms with Gasteiger partial charge in [-0.2, -0.15) is 0 Å². The molecule has 2 aromatic rings. The number of aromatic carboxylic acids is 2. The van der Waals surface area contributed by atoms with Crippen molar-refractivity contribution >= 4 is 17.6 Å². The molecule has 0 radical (unpaired) electrons. The summed E-state index contributed by atoms with van der Waals surface area (Å²) in [4.78, 5) is 22.1. The van der Waals surface area contributed by atoms with Crippen molar-refractivity contribution in [1.82, 2.24) is 0 Å². The second-order valence-corrected chi connectivity index (χ2v) is 4.44.